The molecule has 2 aromatic rings. The number of hydrogen-bond donors (Lipinski definition) is 1. The molecule has 3 heteroatoms. The van der Waals surface area contributed by atoms with Crippen LogP contribution in [0.25, 0.3) is 11.1 Å². The van der Waals surface area contributed by atoms with E-state index in [1.54, 1.807) is 0 Å². The Bertz CT molecular complexity index is 417. The lowest BCUT2D eigenvalue weighted by Crippen LogP contribution is -2.01. The van der Waals surface area contributed by atoms with Crippen LogP contribution in [0.5, 0.6) is 5.75 Å². The normalized spacial score (nSPS) is 9.13. The van der Waals surface area contributed by atoms with E-state index in [1.165, 1.54) is 0 Å². The zero-order chi connectivity index (χ0) is 9.80. The molecule has 0 heterocycles. The highest BCUT2D eigenvalue weighted by Gasteiger charge is 1.97. The van der Waals surface area contributed by atoms with E-state index in [4.69, 9.17) is 5.90 Å². The average Bonchev–Trinajstić information content (AvgIpc) is 2.30. The number of nitrogens with two attached hydrogens (primary N) is 1. The van der Waals surface area contributed by atoms with E-state index >= 15 is 0 Å². The van der Waals surface area contributed by atoms with E-state index in [9.17, 15) is 0 Å². The minimum Gasteiger partial charge on any atom is -0.412 e. The van der Waals surface area contributed by atoms with E-state index in [1.807, 2.05) is 42.5 Å². The molecule has 0 saturated heterocycles. The minimum absolute atomic E-state index is 0. The molecule has 2 rings (SSSR count). The number of benzene rings is 2. The molecular weight excluding hydrogens is 210 g/mol. The van der Waals surface area contributed by atoms with Gasteiger partial charge in [0.15, 0.2) is 0 Å². The molecule has 2 aromatic carbocycles. The van der Waals surface area contributed by atoms with Crippen molar-refractivity contribution in [2.75, 3.05) is 0 Å². The van der Waals surface area contributed by atoms with Gasteiger partial charge in [-0.2, -0.15) is 5.90 Å². The van der Waals surface area contributed by atoms with Gasteiger partial charge in [-0.3, -0.25) is 0 Å². The number of hydrogen-bond acceptors (Lipinski definition) is 2. The van der Waals surface area contributed by atoms with Crippen LogP contribution in [-0.4, -0.2) is 0 Å². The summed E-state index contributed by atoms with van der Waals surface area (Å²) in [4.78, 5) is 4.68. The molecule has 0 bridgehead atoms. The van der Waals surface area contributed by atoms with Crippen LogP contribution in [0, 0.1) is 0 Å². The molecule has 0 amide bonds. The lowest BCUT2D eigenvalue weighted by molar-refractivity contribution is 0.334. The predicted molar refractivity (Wildman–Crippen MR) is 63.9 cm³/mol. The lowest BCUT2D eigenvalue weighted by atomic mass is 10.1. The van der Waals surface area contributed by atoms with Gasteiger partial charge in [-0.15, -0.1) is 12.4 Å². The van der Waals surface area contributed by atoms with Gasteiger partial charge in [0.2, 0.25) is 0 Å². The van der Waals surface area contributed by atoms with Gasteiger partial charge in [-0.25, -0.2) is 0 Å². The van der Waals surface area contributed by atoms with Gasteiger partial charge < -0.3 is 4.84 Å². The lowest BCUT2D eigenvalue weighted by Gasteiger charge is -2.03. The van der Waals surface area contributed by atoms with E-state index < -0.39 is 0 Å². The monoisotopic (exact) mass is 221 g/mol. The predicted octanol–water partition coefficient (Wildman–Crippen LogP) is 3.03. The molecule has 2 nitrogen and oxygen atoms in total. The van der Waals surface area contributed by atoms with Crippen LogP contribution in [0.15, 0.2) is 54.6 Å². The van der Waals surface area contributed by atoms with Crippen LogP contribution in [0.4, 0.5) is 0 Å². The summed E-state index contributed by atoms with van der Waals surface area (Å²) >= 11 is 0. The second-order valence-electron chi connectivity index (χ2n) is 3.01. The van der Waals surface area contributed by atoms with Gasteiger partial charge in [0.1, 0.15) is 5.75 Å². The molecule has 0 aliphatic rings. The third kappa shape index (κ3) is 2.72. The third-order valence-corrected chi connectivity index (χ3v) is 2.08. The summed E-state index contributed by atoms with van der Waals surface area (Å²) < 4.78 is 0. The Hall–Kier alpha value is -1.51. The molecule has 0 spiro atoms. The second kappa shape index (κ2) is 5.39. The number of rotatable bonds is 2. The Labute approximate surface area is 95.0 Å². The van der Waals surface area contributed by atoms with Crippen LogP contribution in [0.2, 0.25) is 0 Å². The van der Waals surface area contributed by atoms with Gasteiger partial charge in [-0.05, 0) is 23.3 Å². The van der Waals surface area contributed by atoms with Crippen molar-refractivity contribution in [1.29, 1.82) is 0 Å². The van der Waals surface area contributed by atoms with E-state index in [0.29, 0.717) is 5.75 Å². The quantitative estimate of drug-likeness (QED) is 0.792. The number of halogens is 1. The molecular formula is C12H12ClNO. The van der Waals surface area contributed by atoms with Crippen molar-refractivity contribution in [2.45, 2.75) is 0 Å². The molecule has 0 fully saturated rings. The largest absolute Gasteiger partial charge is 0.412 e. The van der Waals surface area contributed by atoms with E-state index in [0.717, 1.165) is 11.1 Å². The van der Waals surface area contributed by atoms with Gasteiger partial charge >= 0.3 is 0 Å². The summed E-state index contributed by atoms with van der Waals surface area (Å²) in [6.07, 6.45) is 0. The Morgan fingerprint density at radius 2 is 1.47 bits per heavy atom. The van der Waals surface area contributed by atoms with Crippen LogP contribution in [-0.2, 0) is 0 Å². The van der Waals surface area contributed by atoms with Gasteiger partial charge in [-0.1, -0.05) is 42.5 Å². The van der Waals surface area contributed by atoms with Crippen LogP contribution in [0.1, 0.15) is 0 Å². The first kappa shape index (κ1) is 11.6. The molecule has 0 aromatic heterocycles. The molecule has 15 heavy (non-hydrogen) atoms. The maximum absolute atomic E-state index is 5.10. The smallest absolute Gasteiger partial charge is 0.147 e. The first-order valence-electron chi connectivity index (χ1n) is 4.42. The minimum atomic E-state index is 0. The maximum atomic E-state index is 5.10. The summed E-state index contributed by atoms with van der Waals surface area (Å²) in [6.45, 7) is 0. The zero-order valence-electron chi connectivity index (χ0n) is 8.09. The average molecular weight is 222 g/mol. The van der Waals surface area contributed by atoms with Crippen molar-refractivity contribution in [3.8, 4) is 16.9 Å². The molecule has 78 valence electrons. The molecule has 0 unspecified atom stereocenters. The van der Waals surface area contributed by atoms with Gasteiger partial charge in [0.25, 0.3) is 0 Å². The van der Waals surface area contributed by atoms with Gasteiger partial charge in [0.05, 0.1) is 0 Å². The SMILES string of the molecule is Cl.NOc1cccc(-c2ccccc2)c1. The fourth-order valence-electron chi connectivity index (χ4n) is 1.38. The third-order valence-electron chi connectivity index (χ3n) is 2.08. The van der Waals surface area contributed by atoms with Crippen molar-refractivity contribution in [2.24, 2.45) is 5.90 Å². The zero-order valence-corrected chi connectivity index (χ0v) is 8.91. The maximum Gasteiger partial charge on any atom is 0.147 e. The van der Waals surface area contributed by atoms with Crippen LogP contribution < -0.4 is 10.7 Å². The molecule has 0 radical (unpaired) electrons. The van der Waals surface area contributed by atoms with Crippen molar-refractivity contribution in [3.63, 3.8) is 0 Å². The summed E-state index contributed by atoms with van der Waals surface area (Å²) in [5.41, 5.74) is 2.26. The fraction of sp³-hybridized carbons (Fsp3) is 0. The molecule has 2 N–H and O–H groups in total. The van der Waals surface area contributed by atoms with Crippen molar-refractivity contribution in [3.05, 3.63) is 54.6 Å². The van der Waals surface area contributed by atoms with Crippen molar-refractivity contribution in [1.82, 2.24) is 0 Å². The Balaban J connectivity index is 0.00000112. The standard InChI is InChI=1S/C12H11NO.ClH/c13-14-12-8-4-7-11(9-12)10-5-2-1-3-6-10;/h1-9H,13H2;1H. The van der Waals surface area contributed by atoms with Crippen molar-refractivity contribution < 1.29 is 4.84 Å². The first-order valence-corrected chi connectivity index (χ1v) is 4.42. The summed E-state index contributed by atoms with van der Waals surface area (Å²) in [6, 6.07) is 17.8. The van der Waals surface area contributed by atoms with E-state index in [2.05, 4.69) is 17.0 Å². The summed E-state index contributed by atoms with van der Waals surface area (Å²) in [7, 11) is 0. The molecule has 0 saturated carbocycles. The van der Waals surface area contributed by atoms with Gasteiger partial charge in [0, 0.05) is 0 Å². The van der Waals surface area contributed by atoms with Crippen LogP contribution in [0.3, 0.4) is 0 Å². The molecule has 0 aliphatic heterocycles. The van der Waals surface area contributed by atoms with Crippen LogP contribution >= 0.6 is 12.4 Å². The summed E-state index contributed by atoms with van der Waals surface area (Å²) in [5, 5.41) is 0. The first-order chi connectivity index (χ1) is 6.90. The second-order valence-corrected chi connectivity index (χ2v) is 3.01. The van der Waals surface area contributed by atoms with E-state index in [-0.39, 0.29) is 12.4 Å². The Morgan fingerprint density at radius 3 is 2.13 bits per heavy atom. The highest BCUT2D eigenvalue weighted by Crippen LogP contribution is 2.22. The highest BCUT2D eigenvalue weighted by atomic mass is 35.5. The Morgan fingerprint density at radius 1 is 0.800 bits per heavy atom. The summed E-state index contributed by atoms with van der Waals surface area (Å²) in [5.74, 6) is 5.77. The fourth-order valence-corrected chi connectivity index (χ4v) is 1.38. The Kier molecular flexibility index (Phi) is 4.16. The van der Waals surface area contributed by atoms with Crippen molar-refractivity contribution >= 4 is 12.4 Å². The highest BCUT2D eigenvalue weighted by molar-refractivity contribution is 5.85. The molecule has 0 atom stereocenters. The molecule has 0 aliphatic carbocycles. The topological polar surface area (TPSA) is 35.2 Å².